The quantitative estimate of drug-likeness (QED) is 0.0303. The Morgan fingerprint density at radius 3 is 1.74 bits per heavy atom. The maximum atomic E-state index is 13.4. The number of carbonyl (C=O) groups excluding carboxylic acids is 6. The highest BCUT2D eigenvalue weighted by Gasteiger charge is 2.38. The molecular weight excluding hydrogens is 829 g/mol. The van der Waals surface area contributed by atoms with Crippen molar-refractivity contribution in [1.82, 2.24) is 19.0 Å². The molecule has 0 bridgehead atoms. The summed E-state index contributed by atoms with van der Waals surface area (Å²) < 4.78 is 10.2. The smallest absolute Gasteiger partial charge is 0.273 e. The summed E-state index contributed by atoms with van der Waals surface area (Å²) in [4.78, 5) is 80.8. The first-order valence-corrected chi connectivity index (χ1v) is 19.9. The number of aromatic nitrogens is 3. The molecule has 318 valence electrons. The molecule has 0 radical (unpaired) electrons. The number of fused-ring (bicyclic) bond motifs is 1. The number of hydrogen-bond donors (Lipinski definition) is 7. The zero-order valence-corrected chi connectivity index (χ0v) is 34.8. The summed E-state index contributed by atoms with van der Waals surface area (Å²) in [7, 11) is 4.88. The van der Waals surface area contributed by atoms with E-state index in [0.29, 0.717) is 47.5 Å². The normalized spacial score (nSPS) is 12.9. The number of carbonyl (C=O) groups is 6. The Morgan fingerprint density at radius 1 is 0.705 bits per heavy atom. The molecule has 1 aliphatic rings. The van der Waals surface area contributed by atoms with Crippen molar-refractivity contribution in [3.05, 3.63) is 107 Å². The van der Waals surface area contributed by atoms with Crippen LogP contribution < -0.4 is 42.0 Å². The Labute approximate surface area is 359 Å². The molecular formula is C41H43Cl2N11O7. The van der Waals surface area contributed by atoms with Crippen molar-refractivity contribution in [1.29, 1.82) is 5.41 Å². The van der Waals surface area contributed by atoms with E-state index in [1.807, 2.05) is 4.90 Å². The first kappa shape index (κ1) is 43.5. The van der Waals surface area contributed by atoms with Crippen LogP contribution in [0, 0.1) is 5.41 Å². The summed E-state index contributed by atoms with van der Waals surface area (Å²) in [5.41, 5.74) is 8.60. The van der Waals surface area contributed by atoms with Crippen LogP contribution in [0.4, 0.5) is 28.4 Å². The van der Waals surface area contributed by atoms with Crippen LogP contribution in [0.25, 0.3) is 0 Å². The summed E-state index contributed by atoms with van der Waals surface area (Å²) >= 11 is 11.8. The standard InChI is InChI=1S/C41H43Cl2N11O7/c1-51-20-25(17-30(51)38(57)46-13-10-34(44)45)48-39(58)31-18-26(21-52(31)2)49-40(59)32-19-27(22-53(32)3)50-41(60)36-35(55)29-16-24(6-9-33(29)61-36)47-37(56)23-4-7-28(8-5-23)54(14-11-42)15-12-43/h4-9,16-22,36H,10-15H2,1-3H3,(H3,44,45)(H,46,57)(H,47,56)(H,48,58)(H,49,59)(H,50,60). The van der Waals surface area contributed by atoms with E-state index in [-0.39, 0.29) is 52.9 Å². The molecule has 0 spiro atoms. The van der Waals surface area contributed by atoms with E-state index in [0.717, 1.165) is 5.69 Å². The summed E-state index contributed by atoms with van der Waals surface area (Å²) in [6.45, 7) is 1.40. The van der Waals surface area contributed by atoms with Crippen LogP contribution >= 0.6 is 23.2 Å². The number of alkyl halides is 2. The van der Waals surface area contributed by atoms with Gasteiger partial charge in [0.1, 0.15) is 22.8 Å². The molecule has 18 nitrogen and oxygen atoms in total. The molecule has 1 aliphatic heterocycles. The fourth-order valence-corrected chi connectivity index (χ4v) is 6.98. The van der Waals surface area contributed by atoms with Gasteiger partial charge in [-0.25, -0.2) is 0 Å². The van der Waals surface area contributed by atoms with Gasteiger partial charge in [-0.2, -0.15) is 0 Å². The zero-order valence-electron chi connectivity index (χ0n) is 33.3. The molecule has 3 aromatic heterocycles. The van der Waals surface area contributed by atoms with E-state index in [9.17, 15) is 28.8 Å². The van der Waals surface area contributed by atoms with Crippen molar-refractivity contribution in [2.24, 2.45) is 26.9 Å². The van der Waals surface area contributed by atoms with Crippen molar-refractivity contribution >= 4 is 92.8 Å². The Balaban J connectivity index is 1.03. The second-order valence-corrected chi connectivity index (χ2v) is 14.8. The third-order valence-electron chi connectivity index (χ3n) is 9.60. The van der Waals surface area contributed by atoms with Gasteiger partial charge in [0, 0.05) is 94.5 Å². The lowest BCUT2D eigenvalue weighted by molar-refractivity contribution is -0.120. The number of amidine groups is 1. The van der Waals surface area contributed by atoms with E-state index in [4.69, 9.17) is 39.1 Å². The van der Waals surface area contributed by atoms with Crippen molar-refractivity contribution in [2.75, 3.05) is 57.6 Å². The molecule has 6 rings (SSSR count). The number of anilines is 5. The fourth-order valence-electron chi connectivity index (χ4n) is 6.57. The molecule has 0 saturated heterocycles. The van der Waals surface area contributed by atoms with Crippen LogP contribution in [0.3, 0.4) is 0 Å². The topological polar surface area (TPSA) is 240 Å². The molecule has 1 unspecified atom stereocenters. The summed E-state index contributed by atoms with van der Waals surface area (Å²) in [5.74, 6) is -2.24. The molecule has 1 atom stereocenters. The number of hydrogen-bond acceptors (Lipinski definition) is 9. The minimum Gasteiger partial charge on any atom is -0.472 e. The predicted octanol–water partition coefficient (Wildman–Crippen LogP) is 4.38. The van der Waals surface area contributed by atoms with Gasteiger partial charge in [-0.3, -0.25) is 34.2 Å². The van der Waals surface area contributed by atoms with Crippen molar-refractivity contribution in [3.8, 4) is 5.75 Å². The number of ether oxygens (including phenoxy) is 1. The second-order valence-electron chi connectivity index (χ2n) is 14.0. The van der Waals surface area contributed by atoms with Crippen molar-refractivity contribution in [3.63, 3.8) is 0 Å². The number of nitrogens with zero attached hydrogens (tertiary/aromatic N) is 4. The molecule has 2 aromatic carbocycles. The average molecular weight is 873 g/mol. The Bertz CT molecular complexity index is 2520. The Morgan fingerprint density at radius 2 is 1.21 bits per heavy atom. The number of Topliss-reactive ketones (excluding diaryl/α,β-unsaturated/α-hetero) is 1. The SMILES string of the molecule is Cn1cc(NC(=O)c2cc(NC(=O)c3cc(NC(=O)C4Oc5ccc(NC(=O)c6ccc(N(CCCl)CCCl)cc6)cc5C4=O)cn3C)cn2C)cc1C(=O)NCCC(=N)N. The number of nitrogens with one attached hydrogen (secondary N) is 6. The highest BCUT2D eigenvalue weighted by molar-refractivity contribution is 6.20. The lowest BCUT2D eigenvalue weighted by Crippen LogP contribution is -2.35. The zero-order chi connectivity index (χ0) is 44.0. The van der Waals surface area contributed by atoms with Gasteiger partial charge in [-0.1, -0.05) is 0 Å². The first-order valence-electron chi connectivity index (χ1n) is 18.8. The highest BCUT2D eigenvalue weighted by Crippen LogP contribution is 2.32. The fraction of sp³-hybridized carbons (Fsp3) is 0.244. The molecule has 4 heterocycles. The monoisotopic (exact) mass is 871 g/mol. The van der Waals surface area contributed by atoms with Crippen molar-refractivity contribution < 1.29 is 33.5 Å². The average Bonchev–Trinajstić information content (AvgIpc) is 3.98. The molecule has 0 fully saturated rings. The third-order valence-corrected chi connectivity index (χ3v) is 9.94. The number of rotatable bonds is 17. The highest BCUT2D eigenvalue weighted by atomic mass is 35.5. The maximum absolute atomic E-state index is 13.4. The predicted molar refractivity (Wildman–Crippen MR) is 233 cm³/mol. The second kappa shape index (κ2) is 18.9. The van der Waals surface area contributed by atoms with Crippen molar-refractivity contribution in [2.45, 2.75) is 12.5 Å². The summed E-state index contributed by atoms with van der Waals surface area (Å²) in [5, 5.41) is 20.9. The molecule has 0 saturated carbocycles. The van der Waals surface area contributed by atoms with Gasteiger partial charge in [0.2, 0.25) is 11.9 Å². The Hall–Kier alpha value is -7.05. The van der Waals surface area contributed by atoms with Crippen LogP contribution in [0.15, 0.2) is 79.3 Å². The van der Waals surface area contributed by atoms with Crippen LogP contribution in [0.5, 0.6) is 5.75 Å². The Kier molecular flexibility index (Phi) is 13.5. The van der Waals surface area contributed by atoms with Gasteiger partial charge in [-0.15, -0.1) is 23.2 Å². The number of ketones is 1. The van der Waals surface area contributed by atoms with Gasteiger partial charge < -0.3 is 55.7 Å². The van der Waals surface area contributed by atoms with Gasteiger partial charge in [-0.05, 0) is 60.7 Å². The van der Waals surface area contributed by atoms with Crippen LogP contribution in [-0.4, -0.2) is 92.4 Å². The summed E-state index contributed by atoms with van der Waals surface area (Å²) in [6.07, 6.45) is 3.31. The summed E-state index contributed by atoms with van der Waals surface area (Å²) in [6, 6.07) is 15.9. The van der Waals surface area contributed by atoms with Crippen LogP contribution in [-0.2, 0) is 25.9 Å². The van der Waals surface area contributed by atoms with Crippen LogP contribution in [0.2, 0.25) is 0 Å². The van der Waals surface area contributed by atoms with E-state index >= 15 is 0 Å². The molecule has 5 amide bonds. The van der Waals surface area contributed by atoms with Crippen LogP contribution in [0.1, 0.15) is 58.6 Å². The minimum absolute atomic E-state index is 0.0490. The number of benzene rings is 2. The molecule has 5 aromatic rings. The first-order chi connectivity index (χ1) is 29.1. The van der Waals surface area contributed by atoms with E-state index < -0.39 is 41.4 Å². The molecule has 8 N–H and O–H groups in total. The number of aryl methyl sites for hydroxylation is 3. The molecule has 0 aliphatic carbocycles. The maximum Gasteiger partial charge on any atom is 0.273 e. The number of amides is 5. The van der Waals surface area contributed by atoms with E-state index in [1.54, 1.807) is 68.4 Å². The molecule has 20 heteroatoms. The largest absolute Gasteiger partial charge is 0.472 e. The van der Waals surface area contributed by atoms with E-state index in [2.05, 4.69) is 26.6 Å². The van der Waals surface area contributed by atoms with Gasteiger partial charge in [0.05, 0.1) is 28.5 Å². The molecule has 61 heavy (non-hydrogen) atoms. The van der Waals surface area contributed by atoms with Gasteiger partial charge in [0.25, 0.3) is 29.5 Å². The van der Waals surface area contributed by atoms with Gasteiger partial charge >= 0.3 is 0 Å². The number of halogens is 2. The minimum atomic E-state index is -1.51. The lowest BCUT2D eigenvalue weighted by atomic mass is 10.1. The number of nitrogens with two attached hydrogens (primary N) is 1. The van der Waals surface area contributed by atoms with Gasteiger partial charge in [0.15, 0.2) is 0 Å². The van der Waals surface area contributed by atoms with E-state index in [1.165, 1.54) is 45.7 Å². The third kappa shape index (κ3) is 10.2. The lowest BCUT2D eigenvalue weighted by Gasteiger charge is -2.22.